The van der Waals surface area contributed by atoms with Crippen molar-refractivity contribution in [3.05, 3.63) is 22.5 Å². The van der Waals surface area contributed by atoms with Gasteiger partial charge in [-0.1, -0.05) is 0 Å². The summed E-state index contributed by atoms with van der Waals surface area (Å²) in [6.45, 7) is 3.70. The van der Waals surface area contributed by atoms with Crippen LogP contribution in [0.2, 0.25) is 0 Å². The molecule has 1 aliphatic rings. The number of methoxy groups -OCH3 is 1. The Bertz CT molecular complexity index is 632. The van der Waals surface area contributed by atoms with Crippen LogP contribution in [0, 0.1) is 13.8 Å². The highest BCUT2D eigenvalue weighted by atomic mass is 16.5. The predicted octanol–water partition coefficient (Wildman–Crippen LogP) is 0.811. The first-order valence-corrected chi connectivity index (χ1v) is 7.62. The Morgan fingerprint density at radius 1 is 1.26 bits per heavy atom. The molecule has 0 spiro atoms. The maximum absolute atomic E-state index is 12.4. The topological polar surface area (TPSA) is 91.5 Å². The zero-order chi connectivity index (χ0) is 17.1. The van der Waals surface area contributed by atoms with Crippen LogP contribution < -0.4 is 5.32 Å². The number of Topliss-reactive ketones (excluding diaryl/α,β-unsaturated/α-hetero) is 1. The fourth-order valence-corrected chi connectivity index (χ4v) is 2.56. The first kappa shape index (κ1) is 17.2. The van der Waals surface area contributed by atoms with Crippen LogP contribution in [0.3, 0.4) is 0 Å². The lowest BCUT2D eigenvalue weighted by Gasteiger charge is -2.15. The summed E-state index contributed by atoms with van der Waals surface area (Å²) in [4.78, 5) is 40.5. The molecule has 126 valence electrons. The summed E-state index contributed by atoms with van der Waals surface area (Å²) in [5.74, 6) is -0.702. The Labute approximate surface area is 135 Å². The highest BCUT2D eigenvalue weighted by Crippen LogP contribution is 2.20. The maximum Gasteiger partial charge on any atom is 0.339 e. The number of ketones is 1. The van der Waals surface area contributed by atoms with E-state index in [2.05, 4.69) is 10.3 Å². The Hall–Kier alpha value is -2.15. The Balaban J connectivity index is 1.99. The van der Waals surface area contributed by atoms with E-state index in [4.69, 9.17) is 4.74 Å². The van der Waals surface area contributed by atoms with Crippen LogP contribution in [0.1, 0.15) is 44.9 Å². The van der Waals surface area contributed by atoms with Crippen molar-refractivity contribution in [1.29, 1.82) is 0 Å². The smallest absolute Gasteiger partial charge is 0.339 e. The van der Waals surface area contributed by atoms with Gasteiger partial charge in [-0.15, -0.1) is 0 Å². The number of aryl methyl sites for hydroxylation is 1. The summed E-state index contributed by atoms with van der Waals surface area (Å²) in [6.07, 6.45) is 2.07. The quantitative estimate of drug-likeness (QED) is 0.573. The Morgan fingerprint density at radius 3 is 2.48 bits per heavy atom. The number of hydrogen-bond acceptors (Lipinski definition) is 5. The monoisotopic (exact) mass is 321 g/mol. The van der Waals surface area contributed by atoms with E-state index in [1.165, 1.54) is 7.11 Å². The molecule has 23 heavy (non-hydrogen) atoms. The van der Waals surface area contributed by atoms with E-state index in [0.717, 1.165) is 12.8 Å². The maximum atomic E-state index is 12.4. The molecule has 1 amide bonds. The second kappa shape index (κ2) is 6.95. The van der Waals surface area contributed by atoms with Crippen molar-refractivity contribution >= 4 is 17.7 Å². The second-order valence-electron chi connectivity index (χ2n) is 6.05. The van der Waals surface area contributed by atoms with Crippen molar-refractivity contribution < 1.29 is 19.1 Å². The molecule has 1 fully saturated rings. The first-order valence-electron chi connectivity index (χ1n) is 7.62. The number of hydrogen-bond donors (Lipinski definition) is 2. The molecule has 7 heteroatoms. The zero-order valence-corrected chi connectivity index (χ0v) is 14.0. The predicted molar refractivity (Wildman–Crippen MR) is 84.6 cm³/mol. The van der Waals surface area contributed by atoms with Crippen LogP contribution in [0.5, 0.6) is 0 Å². The molecule has 2 rings (SSSR count). The molecule has 1 aromatic rings. The van der Waals surface area contributed by atoms with Crippen molar-refractivity contribution in [3.8, 4) is 0 Å². The summed E-state index contributed by atoms with van der Waals surface area (Å²) in [6, 6.07) is 0.308. The van der Waals surface area contributed by atoms with Crippen molar-refractivity contribution in [2.75, 3.05) is 27.2 Å². The summed E-state index contributed by atoms with van der Waals surface area (Å²) in [5.41, 5.74) is 1.96. The minimum absolute atomic E-state index is 0.0718. The van der Waals surface area contributed by atoms with Gasteiger partial charge in [0, 0.05) is 11.7 Å². The minimum Gasteiger partial charge on any atom is -0.465 e. The lowest BCUT2D eigenvalue weighted by Crippen LogP contribution is -2.38. The number of carbonyl (C=O) groups excluding carboxylic acids is 3. The van der Waals surface area contributed by atoms with Gasteiger partial charge in [0.2, 0.25) is 5.91 Å². The van der Waals surface area contributed by atoms with Crippen LogP contribution in [0.4, 0.5) is 0 Å². The molecule has 0 radical (unpaired) electrons. The van der Waals surface area contributed by atoms with Gasteiger partial charge in [0.25, 0.3) is 0 Å². The van der Waals surface area contributed by atoms with Gasteiger partial charge in [0.1, 0.15) is 0 Å². The van der Waals surface area contributed by atoms with Crippen LogP contribution in [0.25, 0.3) is 0 Å². The van der Waals surface area contributed by atoms with Crippen molar-refractivity contribution in [1.82, 2.24) is 15.2 Å². The van der Waals surface area contributed by atoms with Crippen molar-refractivity contribution in [3.63, 3.8) is 0 Å². The van der Waals surface area contributed by atoms with Crippen LogP contribution >= 0.6 is 0 Å². The number of H-pyrrole nitrogens is 1. The molecule has 0 bridgehead atoms. The number of likely N-dealkylation sites (N-methyl/N-ethyl adjacent to an activating group) is 1. The molecule has 1 aliphatic carbocycles. The number of aromatic nitrogens is 1. The first-order chi connectivity index (χ1) is 10.8. The van der Waals surface area contributed by atoms with Gasteiger partial charge in [-0.3, -0.25) is 14.5 Å². The van der Waals surface area contributed by atoms with Crippen LogP contribution in [0.15, 0.2) is 0 Å². The SMILES string of the molecule is COC(=O)c1c(C)[nH]c(C(=O)CN(C)CC(=O)NC2CC2)c1C. The minimum atomic E-state index is -0.465. The molecule has 1 aromatic heterocycles. The molecular formula is C16H23N3O4. The molecule has 1 heterocycles. The third kappa shape index (κ3) is 4.19. The van der Waals surface area contributed by atoms with Gasteiger partial charge in [0.15, 0.2) is 5.78 Å². The zero-order valence-electron chi connectivity index (χ0n) is 14.0. The van der Waals surface area contributed by atoms with Crippen LogP contribution in [-0.4, -0.2) is 60.8 Å². The van der Waals surface area contributed by atoms with E-state index in [-0.39, 0.29) is 24.8 Å². The molecule has 0 unspecified atom stereocenters. The van der Waals surface area contributed by atoms with E-state index >= 15 is 0 Å². The van der Waals surface area contributed by atoms with E-state index in [1.807, 2.05) is 0 Å². The molecule has 0 aliphatic heterocycles. The largest absolute Gasteiger partial charge is 0.465 e. The molecular weight excluding hydrogens is 298 g/mol. The van der Waals surface area contributed by atoms with Crippen molar-refractivity contribution in [2.24, 2.45) is 0 Å². The van der Waals surface area contributed by atoms with Gasteiger partial charge in [-0.05, 0) is 39.3 Å². The number of ether oxygens (including phenoxy) is 1. The Morgan fingerprint density at radius 2 is 1.91 bits per heavy atom. The molecule has 7 nitrogen and oxygen atoms in total. The molecule has 0 atom stereocenters. The summed E-state index contributed by atoms with van der Waals surface area (Å²) in [7, 11) is 3.03. The number of nitrogens with one attached hydrogen (secondary N) is 2. The molecule has 0 aromatic carbocycles. The number of amides is 1. The highest BCUT2D eigenvalue weighted by Gasteiger charge is 2.25. The number of esters is 1. The third-order valence-corrected chi connectivity index (χ3v) is 3.88. The molecule has 2 N–H and O–H groups in total. The average molecular weight is 321 g/mol. The summed E-state index contributed by atoms with van der Waals surface area (Å²) < 4.78 is 4.73. The van der Waals surface area contributed by atoms with Crippen molar-refractivity contribution in [2.45, 2.75) is 32.7 Å². The lowest BCUT2D eigenvalue weighted by atomic mass is 10.1. The van der Waals surface area contributed by atoms with E-state index in [1.54, 1.807) is 25.8 Å². The average Bonchev–Trinajstić information content (AvgIpc) is 3.22. The second-order valence-corrected chi connectivity index (χ2v) is 6.05. The van der Waals surface area contributed by atoms with Gasteiger partial charge in [-0.2, -0.15) is 0 Å². The van der Waals surface area contributed by atoms with E-state index in [9.17, 15) is 14.4 Å². The third-order valence-electron chi connectivity index (χ3n) is 3.88. The summed E-state index contributed by atoms with van der Waals surface area (Å²) in [5, 5.41) is 2.88. The lowest BCUT2D eigenvalue weighted by molar-refractivity contribution is -0.121. The number of aromatic amines is 1. The number of nitrogens with zero attached hydrogens (tertiary/aromatic N) is 1. The summed E-state index contributed by atoms with van der Waals surface area (Å²) >= 11 is 0. The molecule has 0 saturated heterocycles. The van der Waals surface area contributed by atoms with Gasteiger partial charge >= 0.3 is 5.97 Å². The van der Waals surface area contributed by atoms with Gasteiger partial charge in [-0.25, -0.2) is 4.79 Å². The van der Waals surface area contributed by atoms with Gasteiger partial charge in [0.05, 0.1) is 31.5 Å². The normalized spacial score (nSPS) is 14.0. The standard InChI is InChI=1S/C16H23N3O4/c1-9-14(16(22)23-4)10(2)17-15(9)12(20)7-19(3)8-13(21)18-11-5-6-11/h11,17H,5-8H2,1-4H3,(H,18,21). The van der Waals surface area contributed by atoms with E-state index in [0.29, 0.717) is 28.6 Å². The van der Waals surface area contributed by atoms with Gasteiger partial charge < -0.3 is 15.0 Å². The van der Waals surface area contributed by atoms with E-state index < -0.39 is 5.97 Å². The molecule has 1 saturated carbocycles. The Kier molecular flexibility index (Phi) is 5.20. The van der Waals surface area contributed by atoms with Crippen LogP contribution in [-0.2, 0) is 9.53 Å². The number of rotatable bonds is 7. The highest BCUT2D eigenvalue weighted by molar-refractivity contribution is 6.02. The fraction of sp³-hybridized carbons (Fsp3) is 0.562. The fourth-order valence-electron chi connectivity index (χ4n) is 2.56. The number of carbonyl (C=O) groups is 3.